The van der Waals surface area contributed by atoms with Gasteiger partial charge in [0.2, 0.25) is 0 Å². The van der Waals surface area contributed by atoms with Crippen molar-refractivity contribution < 1.29 is 9.47 Å². The summed E-state index contributed by atoms with van der Waals surface area (Å²) < 4.78 is 12.5. The number of nitrogens with zero attached hydrogens (tertiary/aromatic N) is 2. The molecule has 0 radical (unpaired) electrons. The molecule has 0 amide bonds. The Hall–Kier alpha value is -0.910. The van der Waals surface area contributed by atoms with Gasteiger partial charge in [-0.15, -0.1) is 0 Å². The molecule has 0 aliphatic carbocycles. The van der Waals surface area contributed by atoms with Gasteiger partial charge in [0.25, 0.3) is 0 Å². The average Bonchev–Trinajstić information content (AvgIpc) is 2.78. The van der Waals surface area contributed by atoms with Crippen LogP contribution in [0.4, 0.5) is 0 Å². The summed E-state index contributed by atoms with van der Waals surface area (Å²) in [4.78, 5) is 4.19. The van der Waals surface area contributed by atoms with Crippen molar-refractivity contribution >= 4 is 0 Å². The van der Waals surface area contributed by atoms with Crippen LogP contribution in [0.3, 0.4) is 0 Å². The van der Waals surface area contributed by atoms with Crippen LogP contribution in [0, 0.1) is 0 Å². The topological polar surface area (TPSA) is 48.3 Å². The van der Waals surface area contributed by atoms with Gasteiger partial charge in [-0.25, -0.2) is 4.98 Å². The SMILES string of the molecule is CNC(C)(C)c1cncn1CCOCCOC. The minimum atomic E-state index is -0.0803. The van der Waals surface area contributed by atoms with Crippen LogP contribution < -0.4 is 5.32 Å². The second-order valence-electron chi connectivity index (χ2n) is 4.45. The largest absolute Gasteiger partial charge is 0.382 e. The highest BCUT2D eigenvalue weighted by Gasteiger charge is 2.21. The van der Waals surface area contributed by atoms with Gasteiger partial charge in [-0.05, 0) is 20.9 Å². The van der Waals surface area contributed by atoms with Crippen LogP contribution in [-0.4, -0.2) is 43.5 Å². The Labute approximate surface area is 103 Å². The molecule has 98 valence electrons. The summed E-state index contributed by atoms with van der Waals surface area (Å²) in [6, 6.07) is 0. The van der Waals surface area contributed by atoms with E-state index in [1.807, 2.05) is 19.6 Å². The molecular formula is C12H23N3O2. The van der Waals surface area contributed by atoms with Crippen LogP contribution in [0.1, 0.15) is 19.5 Å². The molecule has 0 bridgehead atoms. The van der Waals surface area contributed by atoms with E-state index < -0.39 is 0 Å². The molecule has 17 heavy (non-hydrogen) atoms. The first-order chi connectivity index (χ1) is 8.11. The third-order valence-electron chi connectivity index (χ3n) is 2.89. The molecule has 1 rings (SSSR count). The Kier molecular flexibility index (Phi) is 5.61. The van der Waals surface area contributed by atoms with Gasteiger partial charge in [-0.2, -0.15) is 0 Å². The number of aromatic nitrogens is 2. The number of rotatable bonds is 8. The highest BCUT2D eigenvalue weighted by Crippen LogP contribution is 2.18. The van der Waals surface area contributed by atoms with Gasteiger partial charge in [0.05, 0.1) is 37.4 Å². The van der Waals surface area contributed by atoms with E-state index in [-0.39, 0.29) is 5.54 Å². The fraction of sp³-hybridized carbons (Fsp3) is 0.750. The van der Waals surface area contributed by atoms with E-state index in [2.05, 4.69) is 28.7 Å². The maximum Gasteiger partial charge on any atom is 0.0949 e. The maximum atomic E-state index is 5.45. The zero-order chi connectivity index (χ0) is 12.7. The van der Waals surface area contributed by atoms with Crippen molar-refractivity contribution in [3.05, 3.63) is 18.2 Å². The van der Waals surface area contributed by atoms with E-state index in [1.165, 1.54) is 0 Å². The molecule has 0 aromatic carbocycles. The molecular weight excluding hydrogens is 218 g/mol. The summed E-state index contributed by atoms with van der Waals surface area (Å²) in [6.07, 6.45) is 3.74. The van der Waals surface area contributed by atoms with Gasteiger partial charge in [-0.3, -0.25) is 0 Å². The van der Waals surface area contributed by atoms with Crippen molar-refractivity contribution in [2.24, 2.45) is 0 Å². The molecule has 0 spiro atoms. The molecule has 5 heteroatoms. The highest BCUT2D eigenvalue weighted by molar-refractivity contribution is 5.10. The predicted octanol–water partition coefficient (Wildman–Crippen LogP) is 1.00. The van der Waals surface area contributed by atoms with E-state index in [1.54, 1.807) is 7.11 Å². The highest BCUT2D eigenvalue weighted by atomic mass is 16.5. The lowest BCUT2D eigenvalue weighted by Crippen LogP contribution is -2.35. The fourth-order valence-corrected chi connectivity index (χ4v) is 1.55. The number of nitrogens with one attached hydrogen (secondary N) is 1. The average molecular weight is 241 g/mol. The molecule has 0 atom stereocenters. The summed E-state index contributed by atoms with van der Waals surface area (Å²) >= 11 is 0. The van der Waals surface area contributed by atoms with E-state index in [0.717, 1.165) is 12.2 Å². The maximum absolute atomic E-state index is 5.45. The van der Waals surface area contributed by atoms with E-state index in [0.29, 0.717) is 19.8 Å². The zero-order valence-electron chi connectivity index (χ0n) is 11.2. The first-order valence-corrected chi connectivity index (χ1v) is 5.88. The van der Waals surface area contributed by atoms with Crippen molar-refractivity contribution in [3.63, 3.8) is 0 Å². The summed E-state index contributed by atoms with van der Waals surface area (Å²) in [7, 11) is 3.62. The van der Waals surface area contributed by atoms with Crippen LogP contribution >= 0.6 is 0 Å². The summed E-state index contributed by atoms with van der Waals surface area (Å²) in [5, 5.41) is 3.27. The van der Waals surface area contributed by atoms with Gasteiger partial charge in [0.1, 0.15) is 0 Å². The van der Waals surface area contributed by atoms with Crippen molar-refractivity contribution in [2.75, 3.05) is 34.0 Å². The van der Waals surface area contributed by atoms with Gasteiger partial charge in [0, 0.05) is 19.9 Å². The molecule has 0 saturated carbocycles. The molecule has 5 nitrogen and oxygen atoms in total. The van der Waals surface area contributed by atoms with Gasteiger partial charge in [0.15, 0.2) is 0 Å². The van der Waals surface area contributed by atoms with Crippen molar-refractivity contribution in [1.29, 1.82) is 0 Å². The Morgan fingerprint density at radius 2 is 2.12 bits per heavy atom. The number of imidazole rings is 1. The Balaban J connectivity index is 2.46. The molecule has 0 aliphatic rings. The van der Waals surface area contributed by atoms with Crippen molar-refractivity contribution in [3.8, 4) is 0 Å². The lowest BCUT2D eigenvalue weighted by Gasteiger charge is -2.25. The molecule has 1 aromatic heterocycles. The Morgan fingerprint density at radius 1 is 1.35 bits per heavy atom. The molecule has 1 heterocycles. The minimum Gasteiger partial charge on any atom is -0.382 e. The first kappa shape index (κ1) is 14.2. The summed E-state index contributed by atoms with van der Waals surface area (Å²) in [5.41, 5.74) is 1.08. The number of hydrogen-bond acceptors (Lipinski definition) is 4. The first-order valence-electron chi connectivity index (χ1n) is 5.88. The zero-order valence-corrected chi connectivity index (χ0v) is 11.2. The standard InChI is InChI=1S/C12H23N3O2/c1-12(2,13-3)11-9-14-10-15(11)5-6-17-8-7-16-4/h9-10,13H,5-8H2,1-4H3. The van der Waals surface area contributed by atoms with Gasteiger partial charge < -0.3 is 19.4 Å². The quantitative estimate of drug-likeness (QED) is 0.690. The fourth-order valence-electron chi connectivity index (χ4n) is 1.55. The summed E-state index contributed by atoms with van der Waals surface area (Å²) in [5.74, 6) is 0. The smallest absolute Gasteiger partial charge is 0.0949 e. The van der Waals surface area contributed by atoms with Crippen LogP contribution in [0.25, 0.3) is 0 Å². The molecule has 0 saturated heterocycles. The lowest BCUT2D eigenvalue weighted by molar-refractivity contribution is 0.0660. The van der Waals surface area contributed by atoms with E-state index >= 15 is 0 Å². The Bertz CT molecular complexity index is 323. The second-order valence-corrected chi connectivity index (χ2v) is 4.45. The molecule has 0 aliphatic heterocycles. The number of hydrogen-bond donors (Lipinski definition) is 1. The Morgan fingerprint density at radius 3 is 2.76 bits per heavy atom. The number of methoxy groups -OCH3 is 1. The van der Waals surface area contributed by atoms with Gasteiger partial charge in [-0.1, -0.05) is 0 Å². The molecule has 1 N–H and O–H groups in total. The van der Waals surface area contributed by atoms with Crippen molar-refractivity contribution in [1.82, 2.24) is 14.9 Å². The van der Waals surface area contributed by atoms with Crippen LogP contribution in [0.15, 0.2) is 12.5 Å². The molecule has 0 fully saturated rings. The third-order valence-corrected chi connectivity index (χ3v) is 2.89. The molecule has 1 aromatic rings. The molecule has 0 unspecified atom stereocenters. The normalized spacial score (nSPS) is 12.0. The number of ether oxygens (including phenoxy) is 2. The third kappa shape index (κ3) is 4.11. The van der Waals surface area contributed by atoms with E-state index in [9.17, 15) is 0 Å². The van der Waals surface area contributed by atoms with Crippen molar-refractivity contribution in [2.45, 2.75) is 25.9 Å². The summed E-state index contributed by atoms with van der Waals surface area (Å²) in [6.45, 7) is 7.02. The van der Waals surface area contributed by atoms with Crippen LogP contribution in [0.2, 0.25) is 0 Å². The minimum absolute atomic E-state index is 0.0803. The second kappa shape index (κ2) is 6.74. The van der Waals surface area contributed by atoms with Crippen LogP contribution in [0.5, 0.6) is 0 Å². The monoisotopic (exact) mass is 241 g/mol. The van der Waals surface area contributed by atoms with Crippen LogP contribution in [-0.2, 0) is 21.6 Å². The predicted molar refractivity (Wildman–Crippen MR) is 67.0 cm³/mol. The van der Waals surface area contributed by atoms with E-state index in [4.69, 9.17) is 9.47 Å². The van der Waals surface area contributed by atoms with Gasteiger partial charge >= 0.3 is 0 Å². The lowest BCUT2D eigenvalue weighted by atomic mass is 10.0.